The van der Waals surface area contributed by atoms with Crippen molar-refractivity contribution in [2.45, 2.75) is 38.5 Å². The zero-order valence-electron chi connectivity index (χ0n) is 15.4. The van der Waals surface area contributed by atoms with Crippen molar-refractivity contribution in [1.82, 2.24) is 10.2 Å². The van der Waals surface area contributed by atoms with Gasteiger partial charge in [0.2, 0.25) is 5.91 Å². The third kappa shape index (κ3) is 4.60. The Bertz CT molecular complexity index is 570. The molecule has 0 saturated carbocycles. The molecular formula is C20H30N2O3. The molecule has 25 heavy (non-hydrogen) atoms. The van der Waals surface area contributed by atoms with Crippen LogP contribution < -0.4 is 5.32 Å². The van der Waals surface area contributed by atoms with E-state index < -0.39 is 0 Å². The number of hydrogen-bond donors (Lipinski definition) is 1. The summed E-state index contributed by atoms with van der Waals surface area (Å²) in [5.74, 6) is 0.631. The summed E-state index contributed by atoms with van der Waals surface area (Å²) in [7, 11) is 3.85. The van der Waals surface area contributed by atoms with Crippen molar-refractivity contribution >= 4 is 5.91 Å². The number of carbonyl (C=O) groups is 1. The largest absolute Gasteiger partial charge is 0.380 e. The molecule has 1 aromatic rings. The van der Waals surface area contributed by atoms with Crippen LogP contribution in [0.15, 0.2) is 24.3 Å². The van der Waals surface area contributed by atoms with Gasteiger partial charge in [-0.2, -0.15) is 0 Å². The first kappa shape index (κ1) is 18.4. The summed E-state index contributed by atoms with van der Waals surface area (Å²) in [6.07, 6.45) is 3.18. The topological polar surface area (TPSA) is 50.8 Å². The third-order valence-corrected chi connectivity index (χ3v) is 5.57. The molecule has 5 nitrogen and oxygen atoms in total. The van der Waals surface area contributed by atoms with E-state index in [4.69, 9.17) is 9.47 Å². The average molecular weight is 346 g/mol. The lowest BCUT2D eigenvalue weighted by atomic mass is 9.84. The molecule has 138 valence electrons. The predicted octanol–water partition coefficient (Wildman–Crippen LogP) is 2.20. The molecule has 0 unspecified atom stereocenters. The number of rotatable bonds is 6. The first-order valence-corrected chi connectivity index (χ1v) is 9.32. The van der Waals surface area contributed by atoms with E-state index >= 15 is 0 Å². The van der Waals surface area contributed by atoms with Crippen LogP contribution in [-0.2, 0) is 27.4 Å². The van der Waals surface area contributed by atoms with Gasteiger partial charge in [-0.25, -0.2) is 0 Å². The van der Waals surface area contributed by atoms with Gasteiger partial charge in [-0.15, -0.1) is 0 Å². The van der Waals surface area contributed by atoms with E-state index in [0.717, 1.165) is 43.5 Å². The second-order valence-electron chi connectivity index (χ2n) is 7.29. The van der Waals surface area contributed by atoms with E-state index in [2.05, 4.69) is 17.3 Å². The van der Waals surface area contributed by atoms with Crippen LogP contribution in [0.3, 0.4) is 0 Å². The molecule has 1 aromatic carbocycles. The molecule has 2 fully saturated rings. The lowest BCUT2D eigenvalue weighted by Gasteiger charge is -2.34. The highest BCUT2D eigenvalue weighted by atomic mass is 16.5. The zero-order chi connectivity index (χ0) is 17.6. The normalized spacial score (nSPS) is 25.2. The summed E-state index contributed by atoms with van der Waals surface area (Å²) in [4.78, 5) is 15.1. The van der Waals surface area contributed by atoms with Crippen LogP contribution in [0.4, 0.5) is 0 Å². The van der Waals surface area contributed by atoms with Crippen molar-refractivity contribution in [2.24, 2.45) is 11.8 Å². The van der Waals surface area contributed by atoms with Gasteiger partial charge < -0.3 is 19.7 Å². The van der Waals surface area contributed by atoms with Gasteiger partial charge in [-0.05, 0) is 56.4 Å². The Hall–Kier alpha value is -1.43. The molecule has 0 aliphatic carbocycles. The Balaban J connectivity index is 1.57. The molecule has 1 amide bonds. The summed E-state index contributed by atoms with van der Waals surface area (Å²) in [5, 5.41) is 3.13. The zero-order valence-corrected chi connectivity index (χ0v) is 15.4. The van der Waals surface area contributed by atoms with Crippen molar-refractivity contribution in [3.05, 3.63) is 35.4 Å². The molecule has 2 aliphatic rings. The number of ether oxygens (including phenoxy) is 2. The van der Waals surface area contributed by atoms with Gasteiger partial charge in [0.25, 0.3) is 0 Å². The maximum Gasteiger partial charge on any atom is 0.226 e. The molecule has 0 bridgehead atoms. The lowest BCUT2D eigenvalue weighted by molar-refractivity contribution is -0.128. The highest BCUT2D eigenvalue weighted by molar-refractivity contribution is 5.79. The fraction of sp³-hybridized carbons (Fsp3) is 0.650. The molecular weight excluding hydrogens is 316 g/mol. The van der Waals surface area contributed by atoms with Gasteiger partial charge >= 0.3 is 0 Å². The maximum absolute atomic E-state index is 12.8. The molecule has 0 aromatic heterocycles. The van der Waals surface area contributed by atoms with Crippen LogP contribution in [-0.4, -0.2) is 50.8 Å². The Labute approximate surface area is 150 Å². The summed E-state index contributed by atoms with van der Waals surface area (Å²) in [5.41, 5.74) is 2.24. The van der Waals surface area contributed by atoms with Gasteiger partial charge in [0, 0.05) is 20.3 Å². The summed E-state index contributed by atoms with van der Waals surface area (Å²) in [6, 6.07) is 8.10. The number of benzene rings is 1. The standard InChI is InChI=1S/C20H30N2O3/c1-22-10-7-15(8-11-22)19-18(9-12-25-19)20(23)21-13-16-5-3-4-6-17(16)14-24-2/h3-6,15,18-19H,7-14H2,1-2H3,(H,21,23)/t18-,19+/m0/s1. The minimum Gasteiger partial charge on any atom is -0.380 e. The first-order valence-electron chi connectivity index (χ1n) is 9.32. The van der Waals surface area contributed by atoms with Crippen LogP contribution in [0.25, 0.3) is 0 Å². The third-order valence-electron chi connectivity index (χ3n) is 5.57. The van der Waals surface area contributed by atoms with Crippen molar-refractivity contribution < 1.29 is 14.3 Å². The molecule has 0 spiro atoms. The maximum atomic E-state index is 12.8. The molecule has 3 rings (SSSR count). The Morgan fingerprint density at radius 3 is 2.68 bits per heavy atom. The average Bonchev–Trinajstić information content (AvgIpc) is 3.11. The highest BCUT2D eigenvalue weighted by Gasteiger charge is 2.39. The number of carbonyl (C=O) groups excluding carboxylic acids is 1. The Morgan fingerprint density at radius 1 is 1.24 bits per heavy atom. The van der Waals surface area contributed by atoms with Crippen LogP contribution in [0.2, 0.25) is 0 Å². The first-order chi connectivity index (χ1) is 12.2. The van der Waals surface area contributed by atoms with Gasteiger partial charge in [0.05, 0.1) is 18.6 Å². The summed E-state index contributed by atoms with van der Waals surface area (Å²) >= 11 is 0. The fourth-order valence-corrected chi connectivity index (χ4v) is 4.05. The fourth-order valence-electron chi connectivity index (χ4n) is 4.05. The highest BCUT2D eigenvalue weighted by Crippen LogP contribution is 2.33. The Kier molecular flexibility index (Phi) is 6.45. The number of piperidine rings is 1. The van der Waals surface area contributed by atoms with Crippen LogP contribution in [0.1, 0.15) is 30.4 Å². The second-order valence-corrected chi connectivity index (χ2v) is 7.29. The number of nitrogens with one attached hydrogen (secondary N) is 1. The molecule has 5 heteroatoms. The molecule has 1 N–H and O–H groups in total. The van der Waals surface area contributed by atoms with E-state index in [1.807, 2.05) is 24.3 Å². The van der Waals surface area contributed by atoms with Gasteiger partial charge in [-0.3, -0.25) is 4.79 Å². The van der Waals surface area contributed by atoms with E-state index in [-0.39, 0.29) is 17.9 Å². The molecule has 2 aliphatic heterocycles. The van der Waals surface area contributed by atoms with Crippen molar-refractivity contribution in [2.75, 3.05) is 33.9 Å². The van der Waals surface area contributed by atoms with Crippen molar-refractivity contribution in [3.63, 3.8) is 0 Å². The van der Waals surface area contributed by atoms with Crippen LogP contribution in [0, 0.1) is 11.8 Å². The minimum atomic E-state index is -0.0111. The van der Waals surface area contributed by atoms with E-state index in [1.165, 1.54) is 0 Å². The number of amides is 1. The summed E-state index contributed by atoms with van der Waals surface area (Å²) in [6.45, 7) is 4.02. The Morgan fingerprint density at radius 2 is 1.96 bits per heavy atom. The number of hydrogen-bond acceptors (Lipinski definition) is 4. The quantitative estimate of drug-likeness (QED) is 0.858. The molecule has 2 heterocycles. The SMILES string of the molecule is COCc1ccccc1CNC(=O)[C@H]1CCO[C@@H]1C1CCN(C)CC1. The minimum absolute atomic E-state index is 0.0111. The van der Waals surface area contributed by atoms with Gasteiger partial charge in [-0.1, -0.05) is 24.3 Å². The van der Waals surface area contributed by atoms with Gasteiger partial charge in [0.15, 0.2) is 0 Å². The van der Waals surface area contributed by atoms with Crippen LogP contribution >= 0.6 is 0 Å². The number of nitrogens with zero attached hydrogens (tertiary/aromatic N) is 1. The van der Waals surface area contributed by atoms with Crippen LogP contribution in [0.5, 0.6) is 0 Å². The molecule has 2 atom stereocenters. The van der Waals surface area contributed by atoms with Crippen molar-refractivity contribution in [3.8, 4) is 0 Å². The van der Waals surface area contributed by atoms with Gasteiger partial charge in [0.1, 0.15) is 0 Å². The smallest absolute Gasteiger partial charge is 0.226 e. The monoisotopic (exact) mass is 346 g/mol. The van der Waals surface area contributed by atoms with Crippen molar-refractivity contribution in [1.29, 1.82) is 0 Å². The van der Waals surface area contributed by atoms with E-state index in [0.29, 0.717) is 25.7 Å². The van der Waals surface area contributed by atoms with E-state index in [1.54, 1.807) is 7.11 Å². The predicted molar refractivity (Wildman–Crippen MR) is 97.1 cm³/mol. The molecule has 0 radical (unpaired) electrons. The lowest BCUT2D eigenvalue weighted by Crippen LogP contribution is -2.42. The second kappa shape index (κ2) is 8.79. The number of likely N-dealkylation sites (tertiary alicyclic amines) is 1. The summed E-state index contributed by atoms with van der Waals surface area (Å²) < 4.78 is 11.2. The number of methoxy groups -OCH3 is 1. The molecule has 2 saturated heterocycles. The van der Waals surface area contributed by atoms with E-state index in [9.17, 15) is 4.79 Å².